The van der Waals surface area contributed by atoms with Crippen LogP contribution in [0.4, 0.5) is 0 Å². The maximum absolute atomic E-state index is 8.19. The molecule has 0 heterocycles. The molecule has 0 aromatic rings. The molecule has 0 spiro atoms. The van der Waals surface area contributed by atoms with Crippen molar-refractivity contribution in [2.75, 3.05) is 0 Å². The van der Waals surface area contributed by atoms with Crippen molar-refractivity contribution in [1.29, 1.82) is 0 Å². The van der Waals surface area contributed by atoms with Crippen LogP contribution in [0, 0.1) is 0 Å². The van der Waals surface area contributed by atoms with Gasteiger partial charge in [0.05, 0.1) is 0 Å². The first kappa shape index (κ1) is 1020. The van der Waals surface area contributed by atoms with Gasteiger partial charge in [-0.2, -0.15) is 0 Å². The van der Waals surface area contributed by atoms with E-state index < -0.39 is 0 Å². The third-order valence-electron chi connectivity index (χ3n) is 0. The topological polar surface area (TPSA) is 17.1 Å². The van der Waals surface area contributed by atoms with Crippen LogP contribution in [-0.2, 0) is 1670 Å². The Balaban J connectivity index is -0.00000000000128. The predicted molar refractivity (Wildman–Crippen MR) is 0.686 cm³/mol. The third kappa shape index (κ3) is 1020. The van der Waals surface area contributed by atoms with Crippen molar-refractivity contribution in [3.63, 3.8) is 0 Å². The zero-order valence-electron chi connectivity index (χ0n) is 40.7. The fourth-order valence-corrected chi connectivity index (χ4v) is 0. The van der Waals surface area contributed by atoms with E-state index in [1.807, 2.05) is 0 Å². The maximum Gasteiger partial charge on any atom is 0 e. The first-order valence-corrected chi connectivity index (χ1v) is 0.753. The first-order valence-electron chi connectivity index (χ1n) is 0.183. The summed E-state index contributed by atoms with van der Waals surface area (Å²) in [7, 11) is 0. The van der Waals surface area contributed by atoms with Gasteiger partial charge in [-0.15, -0.1) is 0 Å². The van der Waals surface area contributed by atoms with Crippen molar-refractivity contribution in [1.82, 2.24) is 0 Å². The molecule has 0 saturated heterocycles. The van der Waals surface area contributed by atoms with Gasteiger partial charge in [-0.05, 0) is 0 Å². The zero-order valence-corrected chi connectivity index (χ0v) is 166. The Morgan fingerprint density at radius 2 is 0.0440 bits per heavy atom. The van der Waals surface area contributed by atoms with Crippen molar-refractivity contribution in [2.45, 2.75) is 0 Å². The van der Waals surface area contributed by atoms with Gasteiger partial charge >= 0.3 is 21.0 Å². The fraction of sp³-hybridized carbons (Fsp3) is 0. The van der Waals surface area contributed by atoms with E-state index in [1.54, 1.807) is 0 Å². The van der Waals surface area contributed by atoms with Crippen molar-refractivity contribution in [2.24, 2.45) is 0 Å². The summed E-state index contributed by atoms with van der Waals surface area (Å²) in [5.41, 5.74) is 0. The van der Waals surface area contributed by atoms with Gasteiger partial charge in [0, 0.05) is 1650 Å². The molecule has 0 aliphatic heterocycles. The molecule has 0 saturated carbocycles. The van der Waals surface area contributed by atoms with E-state index in [2.05, 4.69) is 0 Å². The van der Waals surface area contributed by atoms with Crippen LogP contribution in [0.2, 0.25) is 0 Å². The van der Waals surface area contributed by atoms with Gasteiger partial charge in [-0.1, -0.05) is 0 Å². The van der Waals surface area contributed by atoms with Crippen LogP contribution >= 0.6 is 0 Å². The third-order valence-corrected chi connectivity index (χ3v) is 0. The normalized spacial score (nSPS) is 0.0330. The number of hydrogen-bond donors (Lipinski definition) is 0. The van der Waals surface area contributed by atoms with Gasteiger partial charge in [0.15, 0.2) is 0 Å². The minimum absolute atomic E-state index is 0. The number of rotatable bonds is 0. The molecule has 456 valence electrons. The van der Waals surface area contributed by atoms with Crippen molar-refractivity contribution < 1.29 is 1670 Å². The summed E-state index contributed by atoms with van der Waals surface area (Å²) < 4.78 is 8.19. The minimum atomic E-state index is 0. The molecule has 91 heavy (non-hydrogen) atoms. The average Bonchev–Trinajstić information content (AvgIpc) is 1.00. The Morgan fingerprint density at radius 1 is 0.0440 bits per heavy atom. The van der Waals surface area contributed by atoms with Crippen LogP contribution in [0.15, 0.2) is 0 Å². The smallest absolute Gasteiger partial charge is 0 e. The zero-order chi connectivity index (χ0) is 2.00. The molecule has 0 atom stereocenters. The van der Waals surface area contributed by atoms with Gasteiger partial charge < -0.3 is 0 Å². The molecule has 0 unspecified atom stereocenters. The minimum Gasteiger partial charge on any atom is 0 e. The molecule has 0 aromatic heterocycles. The van der Waals surface area contributed by atoms with Crippen LogP contribution in [0.5, 0.6) is 0 Å². The molecule has 0 fully saturated rings. The van der Waals surface area contributed by atoms with Crippen LogP contribution in [0.25, 0.3) is 0 Å². The molecule has 91 heteroatoms. The summed E-state index contributed by atoms with van der Waals surface area (Å²) in [6.45, 7) is 0. The molecular formula is OV90. The Labute approximate surface area is 1620 Å². The van der Waals surface area contributed by atoms with E-state index in [4.69, 9.17) is 3.67 Å². The SMILES string of the molecule is [O]=[V].[V].[V].[V].[V].[V].[V].[V].[V].[V].[V].[V].[V].[V].[V].[V].[V].[V].[V].[V].[V].[V].[V].[V].[V].[V].[V].[V].[V].[V].[V].[V].[V].[V].[V].[V].[V].[V].[V].[V].[V].[V].[V].[V].[V].[V].[V].[V].[V].[V].[V].[V].[V].[V].[V].[V].[V].[V].[V].[V].[V].[V].[V].[V].[V].[V].[V].[V].[V].[V].[V].[V].[V].[V].[V].[V].[V].[V].[V].[V].[V].[V].[V].[V].[V].[V].[V].[V].[V].[V]. The standard InChI is InChI=1S/O.90V. The first-order chi connectivity index (χ1) is 1.00. The van der Waals surface area contributed by atoms with E-state index in [-0.39, 0.29) is 1650 Å². The summed E-state index contributed by atoms with van der Waals surface area (Å²) in [5.74, 6) is 0. The summed E-state index contributed by atoms with van der Waals surface area (Å²) in [5, 5.41) is 0. The Hall–Kier alpha value is 52.4. The van der Waals surface area contributed by atoms with Gasteiger partial charge in [-0.3, -0.25) is 0 Å². The second-order valence-corrected chi connectivity index (χ2v) is 0. The van der Waals surface area contributed by atoms with Gasteiger partial charge in [-0.25, -0.2) is 0 Å². The largest absolute Gasteiger partial charge is 0 e. The van der Waals surface area contributed by atoms with Crippen LogP contribution in [-0.4, -0.2) is 0 Å². The molecule has 89 radical (unpaired) electrons. The summed E-state index contributed by atoms with van der Waals surface area (Å²) in [4.78, 5) is 0. The molecule has 0 aliphatic carbocycles. The fourth-order valence-electron chi connectivity index (χ4n) is 0. The quantitative estimate of drug-likeness (QED) is 0.325. The van der Waals surface area contributed by atoms with Crippen molar-refractivity contribution in [3.05, 3.63) is 0 Å². The van der Waals surface area contributed by atoms with E-state index in [0.717, 1.165) is 17.4 Å². The van der Waals surface area contributed by atoms with E-state index >= 15 is 0 Å². The van der Waals surface area contributed by atoms with Crippen molar-refractivity contribution >= 4 is 0 Å². The van der Waals surface area contributed by atoms with Crippen molar-refractivity contribution in [3.8, 4) is 0 Å². The summed E-state index contributed by atoms with van der Waals surface area (Å²) in [6.07, 6.45) is 0. The second kappa shape index (κ2) is 1040. The number of hydrogen-bond acceptors (Lipinski definition) is 1. The molecule has 0 bridgehead atoms. The monoisotopic (exact) mass is 4600 g/mol. The van der Waals surface area contributed by atoms with Crippen LogP contribution in [0.1, 0.15) is 0 Å². The Kier molecular flexibility index (Phi) is 11600. The molecule has 0 N–H and O–H groups in total. The Bertz CT molecular complexity index is 7.94. The molecule has 0 rings (SSSR count). The van der Waals surface area contributed by atoms with Gasteiger partial charge in [0.25, 0.3) is 0 Å². The molecule has 0 aliphatic rings. The Morgan fingerprint density at radius 3 is 0.0440 bits per heavy atom. The van der Waals surface area contributed by atoms with Gasteiger partial charge in [0.1, 0.15) is 0 Å². The van der Waals surface area contributed by atoms with E-state index in [0.29, 0.717) is 0 Å². The van der Waals surface area contributed by atoms with Crippen LogP contribution in [0.3, 0.4) is 0 Å². The second-order valence-electron chi connectivity index (χ2n) is 0. The average molecular weight is 4600 g/mol. The molecular weight excluding hydrogens is 4600 g/mol. The maximum atomic E-state index is 8.19. The molecule has 0 aromatic carbocycles. The molecule has 0 amide bonds. The van der Waals surface area contributed by atoms with Gasteiger partial charge in [0.2, 0.25) is 0 Å². The van der Waals surface area contributed by atoms with E-state index in [1.165, 1.54) is 0 Å². The molecule has 1 nitrogen and oxygen atoms in total. The predicted octanol–water partition coefficient (Wildman–Crippen LogP) is -0.344. The summed E-state index contributed by atoms with van der Waals surface area (Å²) in [6, 6.07) is 0. The van der Waals surface area contributed by atoms with Crippen LogP contribution < -0.4 is 0 Å². The summed E-state index contributed by atoms with van der Waals surface area (Å²) >= 11 is 1.06. The van der Waals surface area contributed by atoms with E-state index in [9.17, 15) is 0 Å².